The zero-order chi connectivity index (χ0) is 20.5. The van der Waals surface area contributed by atoms with E-state index in [0.29, 0.717) is 17.1 Å². The van der Waals surface area contributed by atoms with E-state index in [1.807, 2.05) is 24.3 Å². The average molecular weight is 388 g/mol. The molecule has 2 amide bonds. The van der Waals surface area contributed by atoms with Crippen LogP contribution in [0.4, 0.5) is 17.1 Å². The second kappa shape index (κ2) is 10.0. The number of hydrogen-bond acceptors (Lipinski definition) is 4. The minimum absolute atomic E-state index is 0.165. The van der Waals surface area contributed by atoms with Crippen molar-refractivity contribution in [1.29, 1.82) is 0 Å². The number of amides is 2. The highest BCUT2D eigenvalue weighted by molar-refractivity contribution is 6.03. The lowest BCUT2D eigenvalue weighted by atomic mass is 10.1. The van der Waals surface area contributed by atoms with Gasteiger partial charge in [0.25, 0.3) is 5.91 Å². The maximum absolute atomic E-state index is 12.4. The van der Waals surface area contributed by atoms with Crippen LogP contribution in [-0.4, -0.2) is 23.3 Å². The molecule has 3 aromatic rings. The van der Waals surface area contributed by atoms with E-state index < -0.39 is 0 Å². The lowest BCUT2D eigenvalue weighted by Gasteiger charge is -2.09. The molecule has 0 atom stereocenters. The van der Waals surface area contributed by atoms with Crippen LogP contribution in [0.3, 0.4) is 0 Å². The Hall–Kier alpha value is -3.67. The van der Waals surface area contributed by atoms with Crippen molar-refractivity contribution in [1.82, 2.24) is 4.98 Å². The monoisotopic (exact) mass is 388 g/mol. The van der Waals surface area contributed by atoms with Gasteiger partial charge < -0.3 is 16.0 Å². The fourth-order valence-electron chi connectivity index (χ4n) is 2.88. The Morgan fingerprint density at radius 3 is 2.31 bits per heavy atom. The molecule has 6 heteroatoms. The maximum atomic E-state index is 12.4. The lowest BCUT2D eigenvalue weighted by Crippen LogP contribution is -2.14. The summed E-state index contributed by atoms with van der Waals surface area (Å²) in [6, 6.07) is 20.9. The van der Waals surface area contributed by atoms with E-state index in [1.54, 1.807) is 36.5 Å². The number of pyridine rings is 1. The first kappa shape index (κ1) is 20.1. The van der Waals surface area contributed by atoms with E-state index in [-0.39, 0.29) is 11.8 Å². The van der Waals surface area contributed by atoms with Gasteiger partial charge in [-0.1, -0.05) is 36.4 Å². The zero-order valence-electron chi connectivity index (χ0n) is 16.3. The standard InChI is InChI=1S/C23H24N4O2/c1-17(28)26-19-10-5-11-20(15-19)27-23(29)22-13-12-21(16-25-22)24-14-6-9-18-7-3-2-4-8-18/h2-5,7-8,10-13,15-16,24H,6,9,14H2,1H3,(H,26,28)(H,27,29). The Kier molecular flexibility index (Phi) is 6.95. The molecule has 0 spiro atoms. The molecule has 6 nitrogen and oxygen atoms in total. The molecule has 0 aliphatic carbocycles. The third-order valence-corrected chi connectivity index (χ3v) is 4.25. The van der Waals surface area contributed by atoms with Crippen molar-refractivity contribution in [3.8, 4) is 0 Å². The highest BCUT2D eigenvalue weighted by Crippen LogP contribution is 2.16. The van der Waals surface area contributed by atoms with Crippen molar-refractivity contribution < 1.29 is 9.59 Å². The number of aryl methyl sites for hydroxylation is 1. The van der Waals surface area contributed by atoms with Gasteiger partial charge in [-0.15, -0.1) is 0 Å². The van der Waals surface area contributed by atoms with E-state index in [0.717, 1.165) is 25.1 Å². The molecule has 148 valence electrons. The number of nitrogens with zero attached hydrogens (tertiary/aromatic N) is 1. The van der Waals surface area contributed by atoms with Gasteiger partial charge in [-0.25, -0.2) is 4.98 Å². The Balaban J connectivity index is 1.49. The zero-order valence-corrected chi connectivity index (χ0v) is 16.3. The Morgan fingerprint density at radius 2 is 1.62 bits per heavy atom. The third-order valence-electron chi connectivity index (χ3n) is 4.25. The van der Waals surface area contributed by atoms with Gasteiger partial charge in [0.2, 0.25) is 5.91 Å². The van der Waals surface area contributed by atoms with E-state index >= 15 is 0 Å². The van der Waals surface area contributed by atoms with Gasteiger partial charge >= 0.3 is 0 Å². The fourth-order valence-corrected chi connectivity index (χ4v) is 2.88. The largest absolute Gasteiger partial charge is 0.384 e. The minimum atomic E-state index is -0.305. The molecule has 0 unspecified atom stereocenters. The molecule has 0 bridgehead atoms. The van der Waals surface area contributed by atoms with Crippen molar-refractivity contribution in [2.75, 3.05) is 22.5 Å². The summed E-state index contributed by atoms with van der Waals surface area (Å²) >= 11 is 0. The number of benzene rings is 2. The predicted molar refractivity (Wildman–Crippen MR) is 116 cm³/mol. The molecule has 0 aliphatic rings. The van der Waals surface area contributed by atoms with Crippen LogP contribution < -0.4 is 16.0 Å². The molecule has 0 aliphatic heterocycles. The van der Waals surface area contributed by atoms with Crippen LogP contribution in [0.25, 0.3) is 0 Å². The highest BCUT2D eigenvalue weighted by atomic mass is 16.2. The van der Waals surface area contributed by atoms with Crippen molar-refractivity contribution in [3.63, 3.8) is 0 Å². The summed E-state index contributed by atoms with van der Waals surface area (Å²) in [6.07, 6.45) is 3.68. The molecule has 3 rings (SSSR count). The fraction of sp³-hybridized carbons (Fsp3) is 0.174. The Morgan fingerprint density at radius 1 is 0.862 bits per heavy atom. The Labute approximate surface area is 170 Å². The van der Waals surface area contributed by atoms with Crippen molar-refractivity contribution in [2.45, 2.75) is 19.8 Å². The number of nitrogens with one attached hydrogen (secondary N) is 3. The number of aromatic nitrogens is 1. The summed E-state index contributed by atoms with van der Waals surface area (Å²) in [5, 5.41) is 8.80. The molecule has 0 saturated carbocycles. The lowest BCUT2D eigenvalue weighted by molar-refractivity contribution is -0.114. The van der Waals surface area contributed by atoms with Crippen LogP contribution in [0.1, 0.15) is 29.4 Å². The maximum Gasteiger partial charge on any atom is 0.274 e. The summed E-state index contributed by atoms with van der Waals surface area (Å²) in [5.74, 6) is -0.470. The topological polar surface area (TPSA) is 83.1 Å². The van der Waals surface area contributed by atoms with Gasteiger partial charge in [0.15, 0.2) is 0 Å². The minimum Gasteiger partial charge on any atom is -0.384 e. The molecule has 2 aromatic carbocycles. The second-order valence-electron chi connectivity index (χ2n) is 6.66. The number of hydrogen-bond donors (Lipinski definition) is 3. The van der Waals surface area contributed by atoms with Crippen molar-refractivity contribution in [3.05, 3.63) is 84.2 Å². The van der Waals surface area contributed by atoms with Gasteiger partial charge in [-0.2, -0.15) is 0 Å². The molecule has 1 aromatic heterocycles. The first-order chi connectivity index (χ1) is 14.1. The molecule has 0 radical (unpaired) electrons. The van der Waals surface area contributed by atoms with Gasteiger partial charge in [0.05, 0.1) is 11.9 Å². The molecule has 0 saturated heterocycles. The molecular weight excluding hydrogens is 364 g/mol. The number of carbonyl (C=O) groups excluding carboxylic acids is 2. The highest BCUT2D eigenvalue weighted by Gasteiger charge is 2.08. The van der Waals surface area contributed by atoms with Gasteiger partial charge in [0.1, 0.15) is 5.69 Å². The number of carbonyl (C=O) groups is 2. The average Bonchev–Trinajstić information content (AvgIpc) is 2.72. The van der Waals surface area contributed by atoms with Crippen LogP contribution in [0.5, 0.6) is 0 Å². The SMILES string of the molecule is CC(=O)Nc1cccc(NC(=O)c2ccc(NCCCc3ccccc3)cn2)c1. The summed E-state index contributed by atoms with van der Waals surface area (Å²) in [4.78, 5) is 27.8. The summed E-state index contributed by atoms with van der Waals surface area (Å²) in [7, 11) is 0. The van der Waals surface area contributed by atoms with Crippen LogP contribution in [0, 0.1) is 0 Å². The van der Waals surface area contributed by atoms with Gasteiger partial charge in [0, 0.05) is 24.8 Å². The van der Waals surface area contributed by atoms with Crippen LogP contribution in [-0.2, 0) is 11.2 Å². The molecule has 0 fully saturated rings. The van der Waals surface area contributed by atoms with E-state index in [2.05, 4.69) is 33.1 Å². The quantitative estimate of drug-likeness (QED) is 0.501. The van der Waals surface area contributed by atoms with Gasteiger partial charge in [-0.3, -0.25) is 9.59 Å². The molecule has 1 heterocycles. The first-order valence-corrected chi connectivity index (χ1v) is 9.53. The van der Waals surface area contributed by atoms with Crippen LogP contribution in [0.15, 0.2) is 72.9 Å². The normalized spacial score (nSPS) is 10.2. The van der Waals surface area contributed by atoms with Crippen LogP contribution in [0.2, 0.25) is 0 Å². The molecule has 29 heavy (non-hydrogen) atoms. The van der Waals surface area contributed by atoms with Crippen molar-refractivity contribution >= 4 is 28.9 Å². The number of rotatable bonds is 8. The van der Waals surface area contributed by atoms with Crippen molar-refractivity contribution in [2.24, 2.45) is 0 Å². The second-order valence-corrected chi connectivity index (χ2v) is 6.66. The summed E-state index contributed by atoms with van der Waals surface area (Å²) in [6.45, 7) is 2.27. The predicted octanol–water partition coefficient (Wildman–Crippen LogP) is 4.34. The molecule has 3 N–H and O–H groups in total. The van der Waals surface area contributed by atoms with Gasteiger partial charge in [-0.05, 0) is 48.7 Å². The van der Waals surface area contributed by atoms with Crippen LogP contribution >= 0.6 is 0 Å². The summed E-state index contributed by atoms with van der Waals surface area (Å²) < 4.78 is 0. The third kappa shape index (κ3) is 6.46. The van der Waals surface area contributed by atoms with E-state index in [9.17, 15) is 9.59 Å². The summed E-state index contributed by atoms with van der Waals surface area (Å²) in [5.41, 5.74) is 3.73. The molecular formula is C23H24N4O2. The number of anilines is 3. The van der Waals surface area contributed by atoms with E-state index in [1.165, 1.54) is 12.5 Å². The smallest absolute Gasteiger partial charge is 0.274 e. The van der Waals surface area contributed by atoms with E-state index in [4.69, 9.17) is 0 Å². The Bertz CT molecular complexity index is 956. The first-order valence-electron chi connectivity index (χ1n) is 9.53.